The highest BCUT2D eigenvalue weighted by atomic mass is 16.2. The lowest BCUT2D eigenvalue weighted by Gasteiger charge is -2.38. The minimum atomic E-state index is 0.0148. The molecule has 1 fully saturated rings. The molecular formula is C13H26N2O. The summed E-state index contributed by atoms with van der Waals surface area (Å²) in [5, 5.41) is 3.26. The average molecular weight is 226 g/mol. The monoisotopic (exact) mass is 226 g/mol. The molecule has 3 nitrogen and oxygen atoms in total. The van der Waals surface area contributed by atoms with Crippen molar-refractivity contribution in [1.82, 2.24) is 10.2 Å². The number of piperidine rings is 1. The van der Waals surface area contributed by atoms with Gasteiger partial charge in [0.05, 0.1) is 6.54 Å². The fraction of sp³-hybridized carbons (Fsp3) is 0.923. The van der Waals surface area contributed by atoms with Crippen molar-refractivity contribution < 1.29 is 4.79 Å². The zero-order valence-electron chi connectivity index (χ0n) is 11.4. The zero-order valence-corrected chi connectivity index (χ0v) is 11.4. The molecule has 1 saturated heterocycles. The van der Waals surface area contributed by atoms with Crippen molar-refractivity contribution in [3.63, 3.8) is 0 Å². The topological polar surface area (TPSA) is 32.3 Å². The number of nitrogens with zero attached hydrogens (tertiary/aromatic N) is 1. The largest absolute Gasteiger partial charge is 0.341 e. The number of hydrogen-bond acceptors (Lipinski definition) is 2. The molecule has 0 aromatic heterocycles. The Morgan fingerprint density at radius 3 is 2.50 bits per heavy atom. The van der Waals surface area contributed by atoms with Crippen LogP contribution in [0, 0.1) is 5.41 Å². The van der Waals surface area contributed by atoms with Gasteiger partial charge in [0.15, 0.2) is 0 Å². The van der Waals surface area contributed by atoms with Crippen LogP contribution in [0.2, 0.25) is 0 Å². The first-order valence-corrected chi connectivity index (χ1v) is 6.22. The van der Waals surface area contributed by atoms with Gasteiger partial charge in [-0.15, -0.1) is 0 Å². The van der Waals surface area contributed by atoms with Crippen LogP contribution < -0.4 is 5.32 Å². The molecule has 1 aliphatic heterocycles. The summed E-state index contributed by atoms with van der Waals surface area (Å²) < 4.78 is 0. The van der Waals surface area contributed by atoms with Gasteiger partial charge in [-0.25, -0.2) is 0 Å². The molecule has 0 aromatic carbocycles. The van der Waals surface area contributed by atoms with E-state index in [2.05, 4.69) is 39.9 Å². The van der Waals surface area contributed by atoms with E-state index in [0.717, 1.165) is 19.5 Å². The second-order valence-corrected chi connectivity index (χ2v) is 6.69. The molecule has 16 heavy (non-hydrogen) atoms. The Balaban J connectivity index is 2.42. The Kier molecular flexibility index (Phi) is 4.00. The molecule has 0 radical (unpaired) electrons. The van der Waals surface area contributed by atoms with Crippen LogP contribution in [0.15, 0.2) is 0 Å². The van der Waals surface area contributed by atoms with Crippen LogP contribution in [-0.2, 0) is 4.79 Å². The molecular weight excluding hydrogens is 200 g/mol. The van der Waals surface area contributed by atoms with Crippen LogP contribution in [-0.4, -0.2) is 36.0 Å². The predicted molar refractivity (Wildman–Crippen MR) is 67.4 cm³/mol. The van der Waals surface area contributed by atoms with Gasteiger partial charge < -0.3 is 10.2 Å². The molecule has 0 bridgehead atoms. The van der Waals surface area contributed by atoms with Crippen molar-refractivity contribution in [2.45, 2.75) is 53.0 Å². The second-order valence-electron chi connectivity index (χ2n) is 6.69. The number of nitrogens with one attached hydrogen (secondary N) is 1. The lowest BCUT2D eigenvalue weighted by atomic mass is 9.84. The van der Waals surface area contributed by atoms with E-state index < -0.39 is 0 Å². The van der Waals surface area contributed by atoms with Crippen LogP contribution in [0.4, 0.5) is 0 Å². The maximum Gasteiger partial charge on any atom is 0.236 e. The number of likely N-dealkylation sites (tertiary alicyclic amines) is 1. The van der Waals surface area contributed by atoms with E-state index in [1.54, 1.807) is 0 Å². The van der Waals surface area contributed by atoms with Crippen molar-refractivity contribution in [2.75, 3.05) is 19.6 Å². The van der Waals surface area contributed by atoms with Crippen LogP contribution in [0.25, 0.3) is 0 Å². The number of amides is 1. The highest BCUT2D eigenvalue weighted by Crippen LogP contribution is 2.28. The van der Waals surface area contributed by atoms with Crippen molar-refractivity contribution in [1.29, 1.82) is 0 Å². The minimum Gasteiger partial charge on any atom is -0.341 e. The molecule has 0 aliphatic carbocycles. The molecule has 1 aliphatic rings. The third-order valence-electron chi connectivity index (χ3n) is 3.02. The molecule has 3 heteroatoms. The first kappa shape index (κ1) is 13.5. The standard InChI is InChI=1S/C13H26N2O/c1-12(2,3)14-9-11(16)15-8-6-7-13(4,5)10-15/h14H,6-10H2,1-5H3. The van der Waals surface area contributed by atoms with Gasteiger partial charge in [-0.05, 0) is 39.0 Å². The highest BCUT2D eigenvalue weighted by Gasteiger charge is 2.29. The van der Waals surface area contributed by atoms with Gasteiger partial charge in [0, 0.05) is 18.6 Å². The van der Waals surface area contributed by atoms with Crippen molar-refractivity contribution in [3.8, 4) is 0 Å². The summed E-state index contributed by atoms with van der Waals surface area (Å²) in [6, 6.07) is 0. The van der Waals surface area contributed by atoms with Crippen LogP contribution >= 0.6 is 0 Å². The van der Waals surface area contributed by atoms with E-state index in [9.17, 15) is 4.79 Å². The molecule has 0 aromatic rings. The molecule has 94 valence electrons. The number of carbonyl (C=O) groups excluding carboxylic acids is 1. The van der Waals surface area contributed by atoms with E-state index >= 15 is 0 Å². The van der Waals surface area contributed by atoms with Crippen LogP contribution in [0.5, 0.6) is 0 Å². The Morgan fingerprint density at radius 1 is 1.38 bits per heavy atom. The fourth-order valence-corrected chi connectivity index (χ4v) is 2.09. The normalized spacial score (nSPS) is 20.9. The van der Waals surface area contributed by atoms with Crippen LogP contribution in [0.1, 0.15) is 47.5 Å². The van der Waals surface area contributed by atoms with Gasteiger partial charge in [-0.2, -0.15) is 0 Å². The number of hydrogen-bond donors (Lipinski definition) is 1. The fourth-order valence-electron chi connectivity index (χ4n) is 2.09. The predicted octanol–water partition coefficient (Wildman–Crippen LogP) is 2.02. The number of carbonyl (C=O) groups is 1. The van der Waals surface area contributed by atoms with E-state index in [1.165, 1.54) is 6.42 Å². The highest BCUT2D eigenvalue weighted by molar-refractivity contribution is 5.78. The Bertz CT molecular complexity index is 253. The summed E-state index contributed by atoms with van der Waals surface area (Å²) in [6.45, 7) is 13.0. The van der Waals surface area contributed by atoms with Crippen molar-refractivity contribution >= 4 is 5.91 Å². The van der Waals surface area contributed by atoms with E-state index in [1.807, 2.05) is 4.90 Å². The quantitative estimate of drug-likeness (QED) is 0.781. The van der Waals surface area contributed by atoms with Gasteiger partial charge >= 0.3 is 0 Å². The molecule has 1 amide bonds. The van der Waals surface area contributed by atoms with Crippen molar-refractivity contribution in [2.24, 2.45) is 5.41 Å². The van der Waals surface area contributed by atoms with Gasteiger partial charge in [0.1, 0.15) is 0 Å². The summed E-state index contributed by atoms with van der Waals surface area (Å²) in [5.74, 6) is 0.239. The first-order valence-electron chi connectivity index (χ1n) is 6.22. The summed E-state index contributed by atoms with van der Waals surface area (Å²) in [7, 11) is 0. The third-order valence-corrected chi connectivity index (χ3v) is 3.02. The van der Waals surface area contributed by atoms with E-state index in [4.69, 9.17) is 0 Å². The van der Waals surface area contributed by atoms with Gasteiger partial charge in [-0.1, -0.05) is 13.8 Å². The van der Waals surface area contributed by atoms with Crippen LogP contribution in [0.3, 0.4) is 0 Å². The first-order chi connectivity index (χ1) is 7.20. The molecule has 0 unspecified atom stereocenters. The lowest BCUT2D eigenvalue weighted by Crippen LogP contribution is -2.49. The Morgan fingerprint density at radius 2 is 2.00 bits per heavy atom. The maximum absolute atomic E-state index is 12.0. The van der Waals surface area contributed by atoms with Gasteiger partial charge in [-0.3, -0.25) is 4.79 Å². The summed E-state index contributed by atoms with van der Waals surface area (Å²) >= 11 is 0. The third kappa shape index (κ3) is 4.52. The lowest BCUT2D eigenvalue weighted by molar-refractivity contribution is -0.133. The number of rotatable bonds is 2. The van der Waals surface area contributed by atoms with E-state index in [0.29, 0.717) is 6.54 Å². The smallest absolute Gasteiger partial charge is 0.236 e. The molecule has 0 atom stereocenters. The summed E-state index contributed by atoms with van der Waals surface area (Å²) in [6.07, 6.45) is 2.36. The summed E-state index contributed by atoms with van der Waals surface area (Å²) in [5.41, 5.74) is 0.302. The maximum atomic E-state index is 12.0. The van der Waals surface area contributed by atoms with Gasteiger partial charge in [0.2, 0.25) is 5.91 Å². The summed E-state index contributed by atoms with van der Waals surface area (Å²) in [4.78, 5) is 14.0. The Labute approximate surface area is 99.6 Å². The molecule has 0 saturated carbocycles. The van der Waals surface area contributed by atoms with Gasteiger partial charge in [0.25, 0.3) is 0 Å². The molecule has 1 N–H and O–H groups in total. The average Bonchev–Trinajstić information content (AvgIpc) is 2.11. The Hall–Kier alpha value is -0.570. The molecule has 1 rings (SSSR count). The van der Waals surface area contributed by atoms with Crippen molar-refractivity contribution in [3.05, 3.63) is 0 Å². The zero-order chi connectivity index (χ0) is 12.4. The minimum absolute atomic E-state index is 0.0148. The second kappa shape index (κ2) is 4.74. The molecule has 0 spiro atoms. The van der Waals surface area contributed by atoms with E-state index in [-0.39, 0.29) is 16.9 Å². The SMILES string of the molecule is CC1(C)CCCN(C(=O)CNC(C)(C)C)C1. The molecule has 1 heterocycles.